The Morgan fingerprint density at radius 3 is 2.28 bits per heavy atom. The lowest BCUT2D eigenvalue weighted by atomic mass is 9.98. The van der Waals surface area contributed by atoms with Gasteiger partial charge in [-0.3, -0.25) is 9.59 Å². The summed E-state index contributed by atoms with van der Waals surface area (Å²) in [5, 5.41) is 15.1. The van der Waals surface area contributed by atoms with E-state index in [4.69, 9.17) is 9.47 Å². The fourth-order valence-electron chi connectivity index (χ4n) is 4.92. The van der Waals surface area contributed by atoms with Crippen molar-refractivity contribution in [2.24, 2.45) is 5.92 Å². The molecule has 1 aliphatic rings. The minimum atomic E-state index is -1.04. The van der Waals surface area contributed by atoms with E-state index in [1.165, 1.54) is 6.08 Å². The number of esters is 1. The minimum Gasteiger partial charge on any atom is -0.462 e. The highest BCUT2D eigenvalue weighted by molar-refractivity contribution is 5.86. The number of nitrogens with zero attached hydrogens (tertiary/aromatic N) is 1. The summed E-state index contributed by atoms with van der Waals surface area (Å²) in [6.45, 7) is 7.66. The first-order valence-electron chi connectivity index (χ1n) is 14.5. The van der Waals surface area contributed by atoms with Gasteiger partial charge in [0.25, 0.3) is 0 Å². The van der Waals surface area contributed by atoms with Crippen molar-refractivity contribution in [3.63, 3.8) is 0 Å². The van der Waals surface area contributed by atoms with Crippen molar-refractivity contribution in [2.75, 3.05) is 19.8 Å². The average Bonchev–Trinajstić information content (AvgIpc) is 3.51. The maximum Gasteiger partial charge on any atom is 0.408 e. The molecule has 10 nitrogen and oxygen atoms in total. The van der Waals surface area contributed by atoms with Gasteiger partial charge in [-0.2, -0.15) is 0 Å². The third kappa shape index (κ3) is 10.4. The van der Waals surface area contributed by atoms with Gasteiger partial charge in [0.1, 0.15) is 19.3 Å². The van der Waals surface area contributed by atoms with Crippen molar-refractivity contribution in [3.05, 3.63) is 97.1 Å². The lowest BCUT2D eigenvalue weighted by Gasteiger charge is -2.26. The Labute approximate surface area is 252 Å². The summed E-state index contributed by atoms with van der Waals surface area (Å²) < 4.78 is 10.8. The van der Waals surface area contributed by atoms with Gasteiger partial charge in [0, 0.05) is 13.0 Å². The molecule has 4 unspecified atom stereocenters. The number of amides is 3. The maximum atomic E-state index is 13.4. The Morgan fingerprint density at radius 1 is 0.953 bits per heavy atom. The van der Waals surface area contributed by atoms with Gasteiger partial charge in [0.05, 0.1) is 24.6 Å². The molecular weight excluding hydrogens is 550 g/mol. The van der Waals surface area contributed by atoms with E-state index in [0.29, 0.717) is 12.1 Å². The number of aliphatic hydroxyl groups is 1. The number of nitrogens with one attached hydrogen (secondary N) is 2. The highest BCUT2D eigenvalue weighted by Crippen LogP contribution is 2.22. The number of carbonyl (C=O) groups excluding carboxylic acids is 4. The number of benzene rings is 2. The van der Waals surface area contributed by atoms with E-state index < -0.39 is 30.1 Å². The van der Waals surface area contributed by atoms with Crippen molar-refractivity contribution in [2.45, 2.75) is 56.8 Å². The van der Waals surface area contributed by atoms with Crippen molar-refractivity contribution in [3.8, 4) is 0 Å². The van der Waals surface area contributed by atoms with Crippen molar-refractivity contribution < 1.29 is 33.8 Å². The Kier molecular flexibility index (Phi) is 13.5. The molecule has 0 aliphatic carbocycles. The number of aliphatic hydroxyl groups excluding tert-OH is 1. The summed E-state index contributed by atoms with van der Waals surface area (Å²) in [5.74, 6) is -1.99. The van der Waals surface area contributed by atoms with E-state index in [1.54, 1.807) is 35.2 Å². The Bertz CT molecular complexity index is 1220. The van der Waals surface area contributed by atoms with Crippen LogP contribution in [0.25, 0.3) is 0 Å². The number of hydrogen-bond donors (Lipinski definition) is 3. The maximum absolute atomic E-state index is 13.4. The van der Waals surface area contributed by atoms with E-state index in [-0.39, 0.29) is 56.9 Å². The van der Waals surface area contributed by atoms with Gasteiger partial charge in [-0.1, -0.05) is 72.8 Å². The van der Waals surface area contributed by atoms with Gasteiger partial charge in [-0.25, -0.2) is 9.59 Å². The molecule has 2 aromatic carbocycles. The molecule has 0 spiro atoms. The number of hydrogen-bond acceptors (Lipinski definition) is 7. The summed E-state index contributed by atoms with van der Waals surface area (Å²) >= 11 is 0. The third-order valence-electron chi connectivity index (χ3n) is 7.25. The van der Waals surface area contributed by atoms with Crippen LogP contribution >= 0.6 is 0 Å². The normalized spacial score (nSPS) is 16.3. The number of rotatable bonds is 16. The molecule has 3 amide bonds. The van der Waals surface area contributed by atoms with Gasteiger partial charge in [-0.15, -0.1) is 13.2 Å². The minimum absolute atomic E-state index is 0.0356. The highest BCUT2D eigenvalue weighted by Gasteiger charge is 2.32. The molecule has 3 rings (SSSR count). The standard InChI is InChI=1S/C33H41N3O7/c1-3-12-26(20-30(38)36-19-11-18-27(36)21-37)31(39)34-29(25-16-9-6-10-17-25)23-42-32(40)28(13-4-2)35-33(41)43-22-24-14-7-5-8-15-24/h3-10,14-17,26-29,37H,1-2,11-13,18-23H2,(H,34,39)(H,35,41). The summed E-state index contributed by atoms with van der Waals surface area (Å²) in [5.41, 5.74) is 1.50. The van der Waals surface area contributed by atoms with Crippen molar-refractivity contribution in [1.82, 2.24) is 15.5 Å². The van der Waals surface area contributed by atoms with Crippen LogP contribution in [0.2, 0.25) is 0 Å². The second kappa shape index (κ2) is 17.5. The second-order valence-electron chi connectivity index (χ2n) is 10.4. The first kappa shape index (κ1) is 33.1. The molecule has 0 radical (unpaired) electrons. The molecule has 2 aromatic rings. The third-order valence-corrected chi connectivity index (χ3v) is 7.25. The fourth-order valence-corrected chi connectivity index (χ4v) is 4.92. The van der Waals surface area contributed by atoms with Crippen LogP contribution in [0, 0.1) is 5.92 Å². The van der Waals surface area contributed by atoms with Crippen molar-refractivity contribution in [1.29, 1.82) is 0 Å². The lowest BCUT2D eigenvalue weighted by Crippen LogP contribution is -2.44. The molecule has 1 aliphatic heterocycles. The molecule has 43 heavy (non-hydrogen) atoms. The summed E-state index contributed by atoms with van der Waals surface area (Å²) in [7, 11) is 0. The lowest BCUT2D eigenvalue weighted by molar-refractivity contribution is -0.147. The Morgan fingerprint density at radius 2 is 1.63 bits per heavy atom. The molecule has 1 fully saturated rings. The SMILES string of the molecule is C=CCC(CC(=O)N1CCCC1CO)C(=O)NC(COC(=O)C(CC=C)NC(=O)OCc1ccccc1)c1ccccc1. The Balaban J connectivity index is 1.63. The molecular formula is C33H41N3O7. The van der Waals surface area contributed by atoms with Crippen LogP contribution in [0.4, 0.5) is 4.79 Å². The summed E-state index contributed by atoms with van der Waals surface area (Å²) in [6.07, 6.45) is 4.18. The fraction of sp³-hybridized carbons (Fsp3) is 0.394. The topological polar surface area (TPSA) is 134 Å². The molecule has 0 aromatic heterocycles. The zero-order valence-corrected chi connectivity index (χ0v) is 24.4. The first-order valence-corrected chi connectivity index (χ1v) is 14.5. The first-order chi connectivity index (χ1) is 20.9. The van der Waals surface area contributed by atoms with Crippen LogP contribution in [0.1, 0.15) is 49.3 Å². The van der Waals surface area contributed by atoms with Crippen LogP contribution < -0.4 is 10.6 Å². The predicted octanol–water partition coefficient (Wildman–Crippen LogP) is 3.82. The molecule has 1 heterocycles. The molecule has 3 N–H and O–H groups in total. The quantitative estimate of drug-likeness (QED) is 0.200. The van der Waals surface area contributed by atoms with E-state index in [1.807, 2.05) is 36.4 Å². The number of likely N-dealkylation sites (tertiary alicyclic amines) is 1. The molecule has 4 atom stereocenters. The molecule has 0 bridgehead atoms. The highest BCUT2D eigenvalue weighted by atomic mass is 16.6. The largest absolute Gasteiger partial charge is 0.462 e. The molecule has 230 valence electrons. The van der Waals surface area contributed by atoms with E-state index in [0.717, 1.165) is 18.4 Å². The summed E-state index contributed by atoms with van der Waals surface area (Å²) in [4.78, 5) is 53.5. The van der Waals surface area contributed by atoms with E-state index in [2.05, 4.69) is 23.8 Å². The molecule has 1 saturated heterocycles. The van der Waals surface area contributed by atoms with Gasteiger partial charge in [0.2, 0.25) is 11.8 Å². The second-order valence-corrected chi connectivity index (χ2v) is 10.4. The van der Waals surface area contributed by atoms with Crippen LogP contribution in [0.5, 0.6) is 0 Å². The van der Waals surface area contributed by atoms with Crippen LogP contribution in [-0.4, -0.2) is 65.7 Å². The number of ether oxygens (including phenoxy) is 2. The zero-order chi connectivity index (χ0) is 31.0. The van der Waals surface area contributed by atoms with Gasteiger partial charge in [0.15, 0.2) is 0 Å². The van der Waals surface area contributed by atoms with Crippen molar-refractivity contribution >= 4 is 23.9 Å². The number of alkyl carbamates (subject to hydrolysis) is 1. The summed E-state index contributed by atoms with van der Waals surface area (Å²) in [6, 6.07) is 16.2. The zero-order valence-electron chi connectivity index (χ0n) is 24.4. The molecule has 0 saturated carbocycles. The van der Waals surface area contributed by atoms with E-state index >= 15 is 0 Å². The van der Waals surface area contributed by atoms with E-state index in [9.17, 15) is 24.3 Å². The van der Waals surface area contributed by atoms with Crippen LogP contribution in [-0.2, 0) is 30.5 Å². The van der Waals surface area contributed by atoms with Gasteiger partial charge >= 0.3 is 12.1 Å². The smallest absolute Gasteiger partial charge is 0.408 e. The van der Waals surface area contributed by atoms with Crippen LogP contribution in [0.15, 0.2) is 86.0 Å². The number of allylic oxidation sites excluding steroid dienone is 1. The van der Waals surface area contributed by atoms with Gasteiger partial charge < -0.3 is 30.1 Å². The molecule has 10 heteroatoms. The average molecular weight is 592 g/mol. The number of carbonyl (C=O) groups is 4. The predicted molar refractivity (Wildman–Crippen MR) is 161 cm³/mol. The Hall–Kier alpha value is -4.44. The van der Waals surface area contributed by atoms with Crippen LogP contribution in [0.3, 0.4) is 0 Å². The monoisotopic (exact) mass is 591 g/mol. The van der Waals surface area contributed by atoms with Gasteiger partial charge in [-0.05, 0) is 36.8 Å².